The number of aromatic amines is 1. The molecule has 6 nitrogen and oxygen atoms in total. The normalized spacial score (nSPS) is 10.9. The van der Waals surface area contributed by atoms with Crippen molar-refractivity contribution in [3.05, 3.63) is 79.3 Å². The summed E-state index contributed by atoms with van der Waals surface area (Å²) in [5.74, 6) is -0.207. The Morgan fingerprint density at radius 1 is 1.19 bits per heavy atom. The van der Waals surface area contributed by atoms with E-state index in [-0.39, 0.29) is 5.91 Å². The Hall–Kier alpha value is -2.86. The van der Waals surface area contributed by atoms with E-state index in [2.05, 4.69) is 4.98 Å². The quantitative estimate of drug-likeness (QED) is 0.716. The molecule has 0 unspecified atom stereocenters. The average Bonchev–Trinajstić information content (AvgIpc) is 2.63. The molecule has 3 rings (SSSR count). The van der Waals surface area contributed by atoms with Gasteiger partial charge in [0.05, 0.1) is 11.0 Å². The SMILES string of the molecule is CCn1c(=O)c(=O)[nH]c2cc(C(=O)N(C)Cc3ccccc3Cl)ccc21. The molecule has 1 heterocycles. The standard InChI is InChI=1S/C19H18ClN3O3/c1-3-23-16-9-8-12(10-15(16)21-17(24)19(23)26)18(25)22(2)11-13-6-4-5-7-14(13)20/h4-10H,3,11H2,1-2H3,(H,21,24). The number of nitrogens with zero attached hydrogens (tertiary/aromatic N) is 2. The number of amides is 1. The van der Waals surface area contributed by atoms with E-state index in [0.717, 1.165) is 5.56 Å². The summed E-state index contributed by atoms with van der Waals surface area (Å²) in [7, 11) is 1.69. The highest BCUT2D eigenvalue weighted by Crippen LogP contribution is 2.18. The summed E-state index contributed by atoms with van der Waals surface area (Å²) in [6, 6.07) is 12.3. The topological polar surface area (TPSA) is 75.2 Å². The molecule has 0 fully saturated rings. The van der Waals surface area contributed by atoms with Crippen molar-refractivity contribution in [2.75, 3.05) is 7.05 Å². The largest absolute Gasteiger partial charge is 0.337 e. The van der Waals surface area contributed by atoms with Crippen molar-refractivity contribution in [1.29, 1.82) is 0 Å². The second-order valence-corrected chi connectivity index (χ2v) is 6.40. The molecule has 26 heavy (non-hydrogen) atoms. The van der Waals surface area contributed by atoms with Gasteiger partial charge in [0.1, 0.15) is 0 Å². The Morgan fingerprint density at radius 2 is 1.92 bits per heavy atom. The molecule has 3 aromatic rings. The number of aromatic nitrogens is 2. The van der Waals surface area contributed by atoms with E-state index >= 15 is 0 Å². The lowest BCUT2D eigenvalue weighted by Gasteiger charge is -2.18. The first-order valence-electron chi connectivity index (χ1n) is 8.18. The second-order valence-electron chi connectivity index (χ2n) is 5.99. The number of fused-ring (bicyclic) bond motifs is 1. The molecule has 0 aliphatic carbocycles. The van der Waals surface area contributed by atoms with Crippen LogP contribution >= 0.6 is 11.6 Å². The Labute approximate surface area is 154 Å². The molecule has 1 N–H and O–H groups in total. The lowest BCUT2D eigenvalue weighted by Crippen LogP contribution is -2.36. The first kappa shape index (κ1) is 17.9. The number of hydrogen-bond donors (Lipinski definition) is 1. The van der Waals surface area contributed by atoms with Crippen LogP contribution in [0.25, 0.3) is 11.0 Å². The minimum absolute atomic E-state index is 0.207. The second kappa shape index (κ2) is 7.17. The Kier molecular flexibility index (Phi) is 4.95. The zero-order valence-electron chi connectivity index (χ0n) is 14.5. The highest BCUT2D eigenvalue weighted by atomic mass is 35.5. The number of benzene rings is 2. The van der Waals surface area contributed by atoms with Gasteiger partial charge in [-0.25, -0.2) is 0 Å². The van der Waals surface area contributed by atoms with Gasteiger partial charge in [0.25, 0.3) is 5.91 Å². The lowest BCUT2D eigenvalue weighted by atomic mass is 10.1. The Bertz CT molecular complexity index is 1100. The average molecular weight is 372 g/mol. The van der Waals surface area contributed by atoms with Crippen LogP contribution in [-0.2, 0) is 13.1 Å². The number of carbonyl (C=O) groups excluding carboxylic acids is 1. The highest BCUT2D eigenvalue weighted by molar-refractivity contribution is 6.31. The highest BCUT2D eigenvalue weighted by Gasteiger charge is 2.15. The smallest absolute Gasteiger partial charge is 0.316 e. The Morgan fingerprint density at radius 3 is 2.62 bits per heavy atom. The molecule has 0 aliphatic rings. The van der Waals surface area contributed by atoms with Crippen molar-refractivity contribution < 1.29 is 4.79 Å². The third-order valence-electron chi connectivity index (χ3n) is 4.25. The van der Waals surface area contributed by atoms with Crippen molar-refractivity contribution in [3.8, 4) is 0 Å². The van der Waals surface area contributed by atoms with Gasteiger partial charge in [-0.3, -0.25) is 14.4 Å². The van der Waals surface area contributed by atoms with Gasteiger partial charge < -0.3 is 14.5 Å². The number of rotatable bonds is 4. The van der Waals surface area contributed by atoms with Crippen molar-refractivity contribution in [3.63, 3.8) is 0 Å². The fourth-order valence-electron chi connectivity index (χ4n) is 2.90. The van der Waals surface area contributed by atoms with E-state index in [1.165, 1.54) is 4.57 Å². The Balaban J connectivity index is 1.96. The molecule has 1 aromatic heterocycles. The van der Waals surface area contributed by atoms with Gasteiger partial charge in [-0.1, -0.05) is 29.8 Å². The zero-order chi connectivity index (χ0) is 18.8. The molecule has 0 radical (unpaired) electrons. The molecular formula is C19H18ClN3O3. The summed E-state index contributed by atoms with van der Waals surface area (Å²) in [6.07, 6.45) is 0. The van der Waals surface area contributed by atoms with Gasteiger partial charge in [-0.05, 0) is 36.8 Å². The summed E-state index contributed by atoms with van der Waals surface area (Å²) in [4.78, 5) is 40.5. The van der Waals surface area contributed by atoms with E-state index in [9.17, 15) is 14.4 Å². The number of hydrogen-bond acceptors (Lipinski definition) is 3. The molecule has 0 saturated heterocycles. The first-order chi connectivity index (χ1) is 12.4. The number of nitrogens with one attached hydrogen (secondary N) is 1. The summed E-state index contributed by atoms with van der Waals surface area (Å²) in [5, 5.41) is 0.599. The van der Waals surface area contributed by atoms with Crippen LogP contribution in [0.3, 0.4) is 0 Å². The minimum atomic E-state index is -0.701. The first-order valence-corrected chi connectivity index (χ1v) is 8.56. The maximum atomic E-state index is 12.7. The van der Waals surface area contributed by atoms with Gasteiger partial charge in [-0.15, -0.1) is 0 Å². The van der Waals surface area contributed by atoms with E-state index in [4.69, 9.17) is 11.6 Å². The van der Waals surface area contributed by atoms with Crippen molar-refractivity contribution in [2.24, 2.45) is 0 Å². The van der Waals surface area contributed by atoms with Crippen LogP contribution in [0, 0.1) is 0 Å². The van der Waals surface area contributed by atoms with Crippen LogP contribution in [0.2, 0.25) is 5.02 Å². The van der Waals surface area contributed by atoms with Crippen molar-refractivity contribution in [1.82, 2.24) is 14.5 Å². The molecule has 134 valence electrons. The third-order valence-corrected chi connectivity index (χ3v) is 4.62. The molecule has 0 aliphatic heterocycles. The van der Waals surface area contributed by atoms with Gasteiger partial charge in [0.2, 0.25) is 0 Å². The van der Waals surface area contributed by atoms with Crippen LogP contribution in [0.15, 0.2) is 52.1 Å². The van der Waals surface area contributed by atoms with Crippen LogP contribution in [-0.4, -0.2) is 27.4 Å². The van der Waals surface area contributed by atoms with Gasteiger partial charge in [0, 0.05) is 30.7 Å². The lowest BCUT2D eigenvalue weighted by molar-refractivity contribution is 0.0785. The van der Waals surface area contributed by atoms with Crippen LogP contribution in [0.4, 0.5) is 0 Å². The zero-order valence-corrected chi connectivity index (χ0v) is 15.2. The number of carbonyl (C=O) groups is 1. The van der Waals surface area contributed by atoms with Crippen LogP contribution in [0.1, 0.15) is 22.8 Å². The summed E-state index contributed by atoms with van der Waals surface area (Å²) < 4.78 is 1.38. The fraction of sp³-hybridized carbons (Fsp3) is 0.211. The predicted octanol–water partition coefficient (Wildman–Crippen LogP) is 2.64. The maximum Gasteiger partial charge on any atom is 0.316 e. The van der Waals surface area contributed by atoms with Gasteiger partial charge in [0.15, 0.2) is 0 Å². The molecule has 1 amide bonds. The monoisotopic (exact) mass is 371 g/mol. The summed E-state index contributed by atoms with van der Waals surface area (Å²) >= 11 is 6.15. The molecule has 0 bridgehead atoms. The van der Waals surface area contributed by atoms with Gasteiger partial charge >= 0.3 is 11.1 Å². The fourth-order valence-corrected chi connectivity index (χ4v) is 3.10. The van der Waals surface area contributed by atoms with E-state index in [1.54, 1.807) is 43.1 Å². The molecule has 0 saturated carbocycles. The predicted molar refractivity (Wildman–Crippen MR) is 102 cm³/mol. The maximum absolute atomic E-state index is 12.7. The number of H-pyrrole nitrogens is 1. The molecule has 2 aromatic carbocycles. The molecule has 0 spiro atoms. The van der Waals surface area contributed by atoms with Crippen LogP contribution in [0.5, 0.6) is 0 Å². The minimum Gasteiger partial charge on any atom is -0.337 e. The van der Waals surface area contributed by atoms with E-state index in [1.807, 2.05) is 18.2 Å². The summed E-state index contributed by atoms with van der Waals surface area (Å²) in [5.41, 5.74) is 1.00. The van der Waals surface area contributed by atoms with Crippen LogP contribution < -0.4 is 11.1 Å². The molecule has 7 heteroatoms. The molecule has 0 atom stereocenters. The summed E-state index contributed by atoms with van der Waals surface area (Å²) in [6.45, 7) is 2.53. The van der Waals surface area contributed by atoms with Crippen molar-refractivity contribution in [2.45, 2.75) is 20.0 Å². The van der Waals surface area contributed by atoms with E-state index < -0.39 is 11.1 Å². The molecular weight excluding hydrogens is 354 g/mol. The van der Waals surface area contributed by atoms with Crippen molar-refractivity contribution >= 4 is 28.5 Å². The van der Waals surface area contributed by atoms with Gasteiger partial charge in [-0.2, -0.15) is 0 Å². The third kappa shape index (κ3) is 3.28. The number of halogens is 1. The number of aryl methyl sites for hydroxylation is 1. The van der Waals surface area contributed by atoms with E-state index in [0.29, 0.717) is 34.7 Å².